The molecule has 9 heteroatoms. The molecule has 1 aromatic heterocycles. The normalized spacial score (nSPS) is 20.5. The van der Waals surface area contributed by atoms with Crippen LogP contribution in [-0.2, 0) is 11.2 Å². The molecule has 0 bridgehead atoms. The molecule has 1 aromatic carbocycles. The number of carbonyl (C=O) groups excluding carboxylic acids is 1. The minimum atomic E-state index is -0.239. The topological polar surface area (TPSA) is 89.2 Å². The molecule has 2 aliphatic rings. The zero-order chi connectivity index (χ0) is 21.8. The van der Waals surface area contributed by atoms with E-state index in [-0.39, 0.29) is 24.8 Å². The maximum Gasteiger partial charge on any atom is 0.254 e. The number of amides is 1. The Morgan fingerprint density at radius 1 is 1.39 bits per heavy atom. The summed E-state index contributed by atoms with van der Waals surface area (Å²) in [6, 6.07) is 3.68. The van der Waals surface area contributed by atoms with Gasteiger partial charge in [0.05, 0.1) is 34.3 Å². The smallest absolute Gasteiger partial charge is 0.254 e. The van der Waals surface area contributed by atoms with Crippen LogP contribution in [0.3, 0.4) is 0 Å². The number of benzene rings is 1. The first-order valence-corrected chi connectivity index (χ1v) is 11.4. The maximum absolute atomic E-state index is 12.9. The molecule has 1 aliphatic carbocycles. The largest absolute Gasteiger partial charge is 0.489 e. The second kappa shape index (κ2) is 9.90. The molecular formula is C22H24Cl2N4O3. The highest BCUT2D eigenvalue weighted by molar-refractivity contribution is 6.33. The van der Waals surface area contributed by atoms with Gasteiger partial charge in [-0.3, -0.25) is 4.79 Å². The first-order valence-electron chi connectivity index (χ1n) is 10.5. The van der Waals surface area contributed by atoms with Crippen LogP contribution >= 0.6 is 23.2 Å². The second-order valence-electron chi connectivity index (χ2n) is 7.73. The Labute approximate surface area is 191 Å². The summed E-state index contributed by atoms with van der Waals surface area (Å²) in [7, 11) is 0. The lowest BCUT2D eigenvalue weighted by molar-refractivity contribution is -0.0395. The van der Waals surface area contributed by atoms with E-state index in [0.717, 1.165) is 49.7 Å². The third-order valence-electron chi connectivity index (χ3n) is 5.72. The molecule has 164 valence electrons. The van der Waals surface area contributed by atoms with E-state index in [0.29, 0.717) is 34.4 Å². The third kappa shape index (κ3) is 4.67. The number of fused-ring (bicyclic) bond motifs is 1. The van der Waals surface area contributed by atoms with Gasteiger partial charge in [0.15, 0.2) is 5.75 Å². The van der Waals surface area contributed by atoms with Gasteiger partial charge in [-0.1, -0.05) is 11.6 Å². The summed E-state index contributed by atoms with van der Waals surface area (Å²) < 4.78 is 13.1. The summed E-state index contributed by atoms with van der Waals surface area (Å²) in [5.74, 6) is 0.456. The van der Waals surface area contributed by atoms with Crippen LogP contribution in [0.5, 0.6) is 5.75 Å². The lowest BCUT2D eigenvalue weighted by Crippen LogP contribution is -2.31. The molecule has 1 amide bonds. The standard InChI is InChI=1S/C22H24Cl2N4O3/c23-7-9-31-21-14(11-25)10-17-16(20(21)24)4-3-5-18(17)27-22(29)15-12-26-28(13-15)19-6-1-2-8-30-19/h10,12-13,18-19H,1-9H2,(H,27,29). The lowest BCUT2D eigenvalue weighted by Gasteiger charge is -2.28. The van der Waals surface area contributed by atoms with Crippen LogP contribution in [0.1, 0.15) is 71.4 Å². The number of hydrogen-bond acceptors (Lipinski definition) is 5. The quantitative estimate of drug-likeness (QED) is 0.636. The molecule has 2 unspecified atom stereocenters. The van der Waals surface area contributed by atoms with Gasteiger partial charge in [-0.05, 0) is 55.7 Å². The van der Waals surface area contributed by atoms with Crippen LogP contribution in [0, 0.1) is 11.3 Å². The molecule has 1 aliphatic heterocycles. The van der Waals surface area contributed by atoms with Crippen LogP contribution in [0.2, 0.25) is 5.02 Å². The number of nitrogens with one attached hydrogen (secondary N) is 1. The number of nitriles is 1. The zero-order valence-electron chi connectivity index (χ0n) is 17.1. The van der Waals surface area contributed by atoms with Gasteiger partial charge in [-0.15, -0.1) is 11.6 Å². The zero-order valence-corrected chi connectivity index (χ0v) is 18.6. The van der Waals surface area contributed by atoms with E-state index >= 15 is 0 Å². The van der Waals surface area contributed by atoms with Crippen molar-refractivity contribution in [3.63, 3.8) is 0 Å². The predicted molar refractivity (Wildman–Crippen MR) is 117 cm³/mol. The number of nitrogens with zero attached hydrogens (tertiary/aromatic N) is 3. The molecule has 0 saturated carbocycles. The Morgan fingerprint density at radius 3 is 3.00 bits per heavy atom. The van der Waals surface area contributed by atoms with E-state index < -0.39 is 0 Å². The molecule has 1 N–H and O–H groups in total. The molecule has 2 atom stereocenters. The van der Waals surface area contributed by atoms with Crippen LogP contribution in [0.25, 0.3) is 0 Å². The number of aromatic nitrogens is 2. The number of rotatable bonds is 6. The molecule has 31 heavy (non-hydrogen) atoms. The Kier molecular flexibility index (Phi) is 7.01. The van der Waals surface area contributed by atoms with Crippen molar-refractivity contribution in [3.05, 3.63) is 45.7 Å². The summed E-state index contributed by atoms with van der Waals surface area (Å²) in [5, 5.41) is 17.4. The van der Waals surface area contributed by atoms with E-state index in [1.807, 2.05) is 0 Å². The number of hydrogen-bond donors (Lipinski definition) is 1. The van der Waals surface area contributed by atoms with Crippen molar-refractivity contribution in [2.75, 3.05) is 19.1 Å². The van der Waals surface area contributed by atoms with Crippen LogP contribution in [0.15, 0.2) is 18.5 Å². The molecule has 0 spiro atoms. The Bertz CT molecular complexity index is 995. The van der Waals surface area contributed by atoms with Crippen molar-refractivity contribution in [2.45, 2.75) is 50.8 Å². The SMILES string of the molecule is N#Cc1cc2c(c(Cl)c1OCCCl)CCCC2NC(=O)c1cnn(C2CCCCO2)c1. The monoisotopic (exact) mass is 462 g/mol. The van der Waals surface area contributed by atoms with Crippen molar-refractivity contribution in [2.24, 2.45) is 0 Å². The van der Waals surface area contributed by atoms with Crippen molar-refractivity contribution >= 4 is 29.1 Å². The molecule has 0 radical (unpaired) electrons. The van der Waals surface area contributed by atoms with Crippen molar-refractivity contribution in [1.29, 1.82) is 5.26 Å². The van der Waals surface area contributed by atoms with E-state index in [9.17, 15) is 10.1 Å². The summed E-state index contributed by atoms with van der Waals surface area (Å²) in [4.78, 5) is 12.9. The fraction of sp³-hybridized carbons (Fsp3) is 0.500. The predicted octanol–water partition coefficient (Wildman–Crippen LogP) is 4.53. The molecule has 2 heterocycles. The van der Waals surface area contributed by atoms with E-state index in [1.54, 1.807) is 23.1 Å². The Morgan fingerprint density at radius 2 is 2.26 bits per heavy atom. The Hall–Kier alpha value is -2.27. The average molecular weight is 463 g/mol. The molecular weight excluding hydrogens is 439 g/mol. The number of ether oxygens (including phenoxy) is 2. The van der Waals surface area contributed by atoms with Gasteiger partial charge in [0, 0.05) is 12.8 Å². The van der Waals surface area contributed by atoms with Gasteiger partial charge in [-0.2, -0.15) is 10.4 Å². The molecule has 1 saturated heterocycles. The summed E-state index contributed by atoms with van der Waals surface area (Å²) in [5.41, 5.74) is 2.60. The van der Waals surface area contributed by atoms with Gasteiger partial charge < -0.3 is 14.8 Å². The summed E-state index contributed by atoms with van der Waals surface area (Å²) in [6.45, 7) is 0.979. The number of carbonyl (C=O) groups is 1. The van der Waals surface area contributed by atoms with Gasteiger partial charge >= 0.3 is 0 Å². The van der Waals surface area contributed by atoms with Gasteiger partial charge in [-0.25, -0.2) is 4.68 Å². The van der Waals surface area contributed by atoms with Gasteiger partial charge in [0.25, 0.3) is 5.91 Å². The fourth-order valence-electron chi connectivity index (χ4n) is 4.20. The minimum absolute atomic E-state index is 0.117. The van der Waals surface area contributed by atoms with Crippen LogP contribution in [0.4, 0.5) is 0 Å². The third-order valence-corrected chi connectivity index (χ3v) is 6.27. The first-order chi connectivity index (χ1) is 15.1. The molecule has 7 nitrogen and oxygen atoms in total. The fourth-order valence-corrected chi connectivity index (χ4v) is 4.63. The highest BCUT2D eigenvalue weighted by Gasteiger charge is 2.28. The van der Waals surface area contributed by atoms with Crippen LogP contribution in [-0.4, -0.2) is 34.8 Å². The minimum Gasteiger partial charge on any atom is -0.489 e. The number of halogens is 2. The van der Waals surface area contributed by atoms with E-state index in [4.69, 9.17) is 32.7 Å². The number of alkyl halides is 1. The van der Waals surface area contributed by atoms with Crippen molar-refractivity contribution in [3.8, 4) is 11.8 Å². The summed E-state index contributed by atoms with van der Waals surface area (Å²) >= 11 is 12.3. The first kappa shape index (κ1) is 21.9. The maximum atomic E-state index is 12.9. The molecule has 1 fully saturated rings. The summed E-state index contributed by atoms with van der Waals surface area (Å²) in [6.07, 6.45) is 8.61. The van der Waals surface area contributed by atoms with Gasteiger partial charge in [0.1, 0.15) is 18.9 Å². The average Bonchev–Trinajstić information content (AvgIpc) is 3.30. The van der Waals surface area contributed by atoms with Crippen LogP contribution < -0.4 is 10.1 Å². The van der Waals surface area contributed by atoms with E-state index in [2.05, 4.69) is 16.5 Å². The lowest BCUT2D eigenvalue weighted by atomic mass is 9.86. The molecule has 2 aromatic rings. The van der Waals surface area contributed by atoms with Crippen molar-refractivity contribution in [1.82, 2.24) is 15.1 Å². The highest BCUT2D eigenvalue weighted by atomic mass is 35.5. The molecule has 4 rings (SSSR count). The second-order valence-corrected chi connectivity index (χ2v) is 8.49. The Balaban J connectivity index is 1.54. The highest BCUT2D eigenvalue weighted by Crippen LogP contribution is 2.41. The van der Waals surface area contributed by atoms with E-state index in [1.165, 1.54) is 0 Å². The van der Waals surface area contributed by atoms with Gasteiger partial charge in [0.2, 0.25) is 0 Å². The van der Waals surface area contributed by atoms with Crippen molar-refractivity contribution < 1.29 is 14.3 Å².